The van der Waals surface area contributed by atoms with E-state index in [1.807, 2.05) is 0 Å². The van der Waals surface area contributed by atoms with Crippen molar-refractivity contribution in [1.82, 2.24) is 9.97 Å². The fourth-order valence-corrected chi connectivity index (χ4v) is 0.904. The van der Waals surface area contributed by atoms with Gasteiger partial charge in [0.1, 0.15) is 0 Å². The summed E-state index contributed by atoms with van der Waals surface area (Å²) in [6, 6.07) is 0. The van der Waals surface area contributed by atoms with Crippen LogP contribution in [0.25, 0.3) is 0 Å². The van der Waals surface area contributed by atoms with Crippen LogP contribution in [0.2, 0.25) is 0 Å². The van der Waals surface area contributed by atoms with Crippen molar-refractivity contribution in [3.63, 3.8) is 0 Å². The van der Waals surface area contributed by atoms with Crippen molar-refractivity contribution < 1.29 is 4.74 Å². The molecule has 74 valence electrons. The topological polar surface area (TPSA) is 47.0 Å². The summed E-state index contributed by atoms with van der Waals surface area (Å²) in [5, 5.41) is 3.06. The van der Waals surface area contributed by atoms with E-state index in [1.165, 1.54) is 0 Å². The van der Waals surface area contributed by atoms with Gasteiger partial charge in [-0.1, -0.05) is 0 Å². The SMILES string of the molecule is C#CCCCNc1ncc(OC)cn1. The van der Waals surface area contributed by atoms with Crippen molar-refractivity contribution >= 4 is 5.95 Å². The first-order valence-corrected chi connectivity index (χ1v) is 4.40. The van der Waals surface area contributed by atoms with Crippen LogP contribution in [0.15, 0.2) is 12.4 Å². The van der Waals surface area contributed by atoms with Gasteiger partial charge in [-0.15, -0.1) is 12.3 Å². The summed E-state index contributed by atoms with van der Waals surface area (Å²) in [6.07, 6.45) is 10.1. The molecule has 4 heteroatoms. The van der Waals surface area contributed by atoms with Crippen LogP contribution < -0.4 is 10.1 Å². The van der Waals surface area contributed by atoms with E-state index in [1.54, 1.807) is 19.5 Å². The van der Waals surface area contributed by atoms with Gasteiger partial charge in [0.15, 0.2) is 5.75 Å². The quantitative estimate of drug-likeness (QED) is 0.563. The molecule has 14 heavy (non-hydrogen) atoms. The summed E-state index contributed by atoms with van der Waals surface area (Å²) < 4.78 is 4.93. The van der Waals surface area contributed by atoms with Gasteiger partial charge in [-0.2, -0.15) is 0 Å². The van der Waals surface area contributed by atoms with E-state index in [2.05, 4.69) is 21.2 Å². The van der Waals surface area contributed by atoms with Gasteiger partial charge in [0.05, 0.1) is 19.5 Å². The molecule has 0 radical (unpaired) electrons. The van der Waals surface area contributed by atoms with Crippen molar-refractivity contribution in [3.05, 3.63) is 12.4 Å². The summed E-state index contributed by atoms with van der Waals surface area (Å²) in [5.41, 5.74) is 0. The van der Waals surface area contributed by atoms with Gasteiger partial charge in [-0.25, -0.2) is 9.97 Å². The molecular weight excluding hydrogens is 178 g/mol. The van der Waals surface area contributed by atoms with Crippen LogP contribution in [-0.4, -0.2) is 23.6 Å². The highest BCUT2D eigenvalue weighted by atomic mass is 16.5. The van der Waals surface area contributed by atoms with Gasteiger partial charge < -0.3 is 10.1 Å². The van der Waals surface area contributed by atoms with Gasteiger partial charge >= 0.3 is 0 Å². The second kappa shape index (κ2) is 5.81. The molecule has 0 aliphatic rings. The number of anilines is 1. The molecule has 0 saturated heterocycles. The van der Waals surface area contributed by atoms with E-state index < -0.39 is 0 Å². The van der Waals surface area contributed by atoms with Crippen molar-refractivity contribution in [3.8, 4) is 18.1 Å². The number of aromatic nitrogens is 2. The van der Waals surface area contributed by atoms with Crippen LogP contribution in [-0.2, 0) is 0 Å². The van der Waals surface area contributed by atoms with Crippen LogP contribution >= 0.6 is 0 Å². The zero-order valence-corrected chi connectivity index (χ0v) is 8.16. The zero-order chi connectivity index (χ0) is 10.2. The third-order valence-corrected chi connectivity index (χ3v) is 1.64. The van der Waals surface area contributed by atoms with Crippen molar-refractivity contribution in [2.75, 3.05) is 19.0 Å². The molecule has 1 rings (SSSR count). The largest absolute Gasteiger partial charge is 0.494 e. The van der Waals surface area contributed by atoms with E-state index in [-0.39, 0.29) is 0 Å². The van der Waals surface area contributed by atoms with Crippen molar-refractivity contribution in [2.24, 2.45) is 0 Å². The van der Waals surface area contributed by atoms with E-state index in [0.29, 0.717) is 11.7 Å². The van der Waals surface area contributed by atoms with Gasteiger partial charge in [-0.05, 0) is 6.42 Å². The highest BCUT2D eigenvalue weighted by Crippen LogP contribution is 2.06. The molecule has 0 aliphatic heterocycles. The molecule has 0 amide bonds. The van der Waals surface area contributed by atoms with E-state index in [9.17, 15) is 0 Å². The molecule has 1 heterocycles. The predicted molar refractivity (Wildman–Crippen MR) is 55.1 cm³/mol. The number of unbranched alkanes of at least 4 members (excludes halogenated alkanes) is 1. The van der Waals surface area contributed by atoms with Gasteiger partial charge in [0.2, 0.25) is 5.95 Å². The lowest BCUT2D eigenvalue weighted by Crippen LogP contribution is -2.04. The minimum atomic E-state index is 0.600. The Hall–Kier alpha value is -1.76. The average Bonchev–Trinajstić information content (AvgIpc) is 2.25. The summed E-state index contributed by atoms with van der Waals surface area (Å²) in [4.78, 5) is 8.10. The summed E-state index contributed by atoms with van der Waals surface area (Å²) in [5.74, 6) is 3.82. The number of terminal acetylenes is 1. The van der Waals surface area contributed by atoms with Gasteiger partial charge in [0, 0.05) is 13.0 Å². The Kier molecular flexibility index (Phi) is 4.29. The molecule has 1 N–H and O–H groups in total. The molecule has 4 nitrogen and oxygen atoms in total. The summed E-state index contributed by atoms with van der Waals surface area (Å²) in [6.45, 7) is 0.788. The number of nitrogens with zero attached hydrogens (tertiary/aromatic N) is 2. The smallest absolute Gasteiger partial charge is 0.222 e. The Morgan fingerprint density at radius 2 is 2.21 bits per heavy atom. The van der Waals surface area contributed by atoms with E-state index in [0.717, 1.165) is 19.4 Å². The lowest BCUT2D eigenvalue weighted by Gasteiger charge is -2.03. The molecular formula is C10H13N3O. The number of hydrogen-bond acceptors (Lipinski definition) is 4. The Morgan fingerprint density at radius 3 is 2.79 bits per heavy atom. The number of methoxy groups -OCH3 is 1. The van der Waals surface area contributed by atoms with Crippen LogP contribution in [0.1, 0.15) is 12.8 Å². The Balaban J connectivity index is 2.33. The first kappa shape index (κ1) is 10.3. The number of hydrogen-bond donors (Lipinski definition) is 1. The highest BCUT2D eigenvalue weighted by molar-refractivity contribution is 5.26. The first-order valence-electron chi connectivity index (χ1n) is 4.40. The Morgan fingerprint density at radius 1 is 1.50 bits per heavy atom. The van der Waals surface area contributed by atoms with E-state index >= 15 is 0 Å². The third kappa shape index (κ3) is 3.31. The molecule has 0 saturated carbocycles. The van der Waals surface area contributed by atoms with Crippen LogP contribution in [0, 0.1) is 12.3 Å². The fourth-order valence-electron chi connectivity index (χ4n) is 0.904. The second-order valence-electron chi connectivity index (χ2n) is 2.68. The first-order chi connectivity index (χ1) is 6.86. The van der Waals surface area contributed by atoms with Crippen LogP contribution in [0.4, 0.5) is 5.95 Å². The maximum absolute atomic E-state index is 5.12. The Labute approximate surface area is 83.7 Å². The third-order valence-electron chi connectivity index (χ3n) is 1.64. The number of nitrogens with one attached hydrogen (secondary N) is 1. The predicted octanol–water partition coefficient (Wildman–Crippen LogP) is 1.31. The molecule has 0 bridgehead atoms. The molecule has 0 aromatic carbocycles. The standard InChI is InChI=1S/C10H13N3O/c1-3-4-5-6-11-10-12-7-9(14-2)8-13-10/h1,7-8H,4-6H2,2H3,(H,11,12,13). The van der Waals surface area contributed by atoms with Crippen molar-refractivity contribution in [2.45, 2.75) is 12.8 Å². The molecule has 0 unspecified atom stereocenters. The normalized spacial score (nSPS) is 9.14. The molecule has 0 spiro atoms. The maximum Gasteiger partial charge on any atom is 0.222 e. The highest BCUT2D eigenvalue weighted by Gasteiger charge is 1.95. The second-order valence-corrected chi connectivity index (χ2v) is 2.68. The maximum atomic E-state index is 5.12. The monoisotopic (exact) mass is 191 g/mol. The molecule has 1 aromatic heterocycles. The molecule has 0 aliphatic carbocycles. The van der Waals surface area contributed by atoms with E-state index in [4.69, 9.17) is 11.2 Å². The van der Waals surface area contributed by atoms with Crippen molar-refractivity contribution in [1.29, 1.82) is 0 Å². The summed E-state index contributed by atoms with van der Waals surface area (Å²) >= 11 is 0. The Bertz CT molecular complexity index is 302. The minimum absolute atomic E-state index is 0.600. The summed E-state index contributed by atoms with van der Waals surface area (Å²) in [7, 11) is 1.58. The average molecular weight is 191 g/mol. The van der Waals surface area contributed by atoms with Crippen LogP contribution in [0.5, 0.6) is 5.75 Å². The number of rotatable bonds is 5. The lowest BCUT2D eigenvalue weighted by atomic mass is 10.3. The molecule has 0 atom stereocenters. The molecule has 0 fully saturated rings. The fraction of sp³-hybridized carbons (Fsp3) is 0.400. The molecule has 1 aromatic rings. The zero-order valence-electron chi connectivity index (χ0n) is 8.16. The number of ether oxygens (including phenoxy) is 1. The van der Waals surface area contributed by atoms with Gasteiger partial charge in [-0.3, -0.25) is 0 Å². The van der Waals surface area contributed by atoms with Gasteiger partial charge in [0.25, 0.3) is 0 Å². The van der Waals surface area contributed by atoms with Crippen LogP contribution in [0.3, 0.4) is 0 Å². The lowest BCUT2D eigenvalue weighted by molar-refractivity contribution is 0.411. The minimum Gasteiger partial charge on any atom is -0.494 e.